The molecule has 0 aliphatic heterocycles. The summed E-state index contributed by atoms with van der Waals surface area (Å²) in [4.78, 5) is 21.2. The van der Waals surface area contributed by atoms with Crippen LogP contribution in [0.1, 0.15) is 16.2 Å². The summed E-state index contributed by atoms with van der Waals surface area (Å²) in [7, 11) is 0. The van der Waals surface area contributed by atoms with Crippen molar-refractivity contribution in [2.24, 2.45) is 0 Å². The van der Waals surface area contributed by atoms with E-state index in [-0.39, 0.29) is 5.69 Å². The Bertz CT molecular complexity index is 1130. The number of benzene rings is 1. The van der Waals surface area contributed by atoms with Gasteiger partial charge in [0.15, 0.2) is 5.69 Å². The van der Waals surface area contributed by atoms with Crippen molar-refractivity contribution in [3.05, 3.63) is 83.4 Å². The van der Waals surface area contributed by atoms with Gasteiger partial charge < -0.3 is 5.32 Å². The summed E-state index contributed by atoms with van der Waals surface area (Å²) in [5.74, 6) is 0.0188. The maximum Gasteiger partial charge on any atom is 0.279 e. The summed E-state index contributed by atoms with van der Waals surface area (Å²) < 4.78 is 1.54. The molecule has 0 aliphatic rings. The summed E-state index contributed by atoms with van der Waals surface area (Å²) >= 11 is 6.21. The minimum Gasteiger partial charge on any atom is -0.305 e. The molecule has 0 spiro atoms. The highest BCUT2D eigenvalue weighted by Crippen LogP contribution is 2.22. The zero-order valence-electron chi connectivity index (χ0n) is 14.9. The van der Waals surface area contributed by atoms with Crippen LogP contribution in [-0.2, 0) is 0 Å². The molecule has 0 aliphatic carbocycles. The lowest BCUT2D eigenvalue weighted by molar-refractivity contribution is 0.102. The molecule has 0 unspecified atom stereocenters. The van der Waals surface area contributed by atoms with Crippen molar-refractivity contribution in [2.75, 3.05) is 5.32 Å². The maximum atomic E-state index is 12.6. The van der Waals surface area contributed by atoms with Gasteiger partial charge in [-0.25, -0.2) is 9.67 Å². The van der Waals surface area contributed by atoms with Gasteiger partial charge in [0.25, 0.3) is 5.91 Å². The highest BCUT2D eigenvalue weighted by molar-refractivity contribution is 6.32. The van der Waals surface area contributed by atoms with Gasteiger partial charge in [0.05, 0.1) is 22.1 Å². The van der Waals surface area contributed by atoms with E-state index in [2.05, 4.69) is 25.6 Å². The number of hydrogen-bond acceptors (Lipinski definition) is 5. The minimum atomic E-state index is -0.395. The SMILES string of the molecule is Cc1c(C(=O)Nc2ccc(-c3ccccn3)cn2)nnn1-c1ccccc1Cl. The second-order valence-electron chi connectivity index (χ2n) is 5.99. The van der Waals surface area contributed by atoms with Gasteiger partial charge in [-0.1, -0.05) is 35.0 Å². The fourth-order valence-electron chi connectivity index (χ4n) is 2.72. The fraction of sp³-hybridized carbons (Fsp3) is 0.0500. The van der Waals surface area contributed by atoms with Crippen LogP contribution < -0.4 is 5.32 Å². The monoisotopic (exact) mass is 390 g/mol. The van der Waals surface area contributed by atoms with E-state index in [1.54, 1.807) is 31.5 Å². The zero-order valence-corrected chi connectivity index (χ0v) is 15.6. The van der Waals surface area contributed by atoms with Gasteiger partial charge in [0, 0.05) is 18.0 Å². The van der Waals surface area contributed by atoms with Gasteiger partial charge in [0.1, 0.15) is 5.82 Å². The molecular formula is C20H15ClN6O. The zero-order chi connectivity index (χ0) is 19.5. The van der Waals surface area contributed by atoms with Crippen molar-refractivity contribution in [1.82, 2.24) is 25.0 Å². The minimum absolute atomic E-state index is 0.204. The van der Waals surface area contributed by atoms with Crippen LogP contribution in [0.3, 0.4) is 0 Å². The van der Waals surface area contributed by atoms with Crippen molar-refractivity contribution in [3.8, 4) is 16.9 Å². The number of nitrogens with one attached hydrogen (secondary N) is 1. The van der Waals surface area contributed by atoms with E-state index in [1.807, 2.05) is 42.5 Å². The van der Waals surface area contributed by atoms with E-state index in [4.69, 9.17) is 11.6 Å². The van der Waals surface area contributed by atoms with Crippen LogP contribution in [-0.4, -0.2) is 30.9 Å². The Labute approximate surface area is 166 Å². The molecule has 138 valence electrons. The number of pyridine rings is 2. The summed E-state index contributed by atoms with van der Waals surface area (Å²) in [6.45, 7) is 1.76. The number of rotatable bonds is 4. The van der Waals surface area contributed by atoms with Crippen molar-refractivity contribution in [2.45, 2.75) is 6.92 Å². The first-order chi connectivity index (χ1) is 13.6. The third-order valence-corrected chi connectivity index (χ3v) is 4.48. The highest BCUT2D eigenvalue weighted by atomic mass is 35.5. The highest BCUT2D eigenvalue weighted by Gasteiger charge is 2.19. The molecule has 1 aromatic carbocycles. The lowest BCUT2D eigenvalue weighted by Gasteiger charge is -2.06. The first kappa shape index (κ1) is 17.8. The average molecular weight is 391 g/mol. The number of para-hydroxylation sites is 1. The van der Waals surface area contributed by atoms with E-state index in [9.17, 15) is 4.79 Å². The number of carbonyl (C=O) groups is 1. The van der Waals surface area contributed by atoms with Crippen LogP contribution in [0.25, 0.3) is 16.9 Å². The Morgan fingerprint density at radius 2 is 1.86 bits per heavy atom. The van der Waals surface area contributed by atoms with Gasteiger partial charge >= 0.3 is 0 Å². The normalized spacial score (nSPS) is 10.6. The summed E-state index contributed by atoms with van der Waals surface area (Å²) in [6, 6.07) is 16.4. The summed E-state index contributed by atoms with van der Waals surface area (Å²) in [5, 5.41) is 11.3. The average Bonchev–Trinajstić information content (AvgIpc) is 3.11. The molecule has 4 aromatic rings. The van der Waals surface area contributed by atoms with E-state index in [0.717, 1.165) is 11.3 Å². The lowest BCUT2D eigenvalue weighted by atomic mass is 10.2. The molecule has 0 atom stereocenters. The predicted molar refractivity (Wildman–Crippen MR) is 107 cm³/mol. The molecule has 28 heavy (non-hydrogen) atoms. The van der Waals surface area contributed by atoms with Crippen molar-refractivity contribution in [1.29, 1.82) is 0 Å². The van der Waals surface area contributed by atoms with E-state index >= 15 is 0 Å². The molecule has 3 heterocycles. The van der Waals surface area contributed by atoms with Crippen LogP contribution in [0.15, 0.2) is 67.0 Å². The second kappa shape index (κ2) is 7.58. The Morgan fingerprint density at radius 1 is 1.04 bits per heavy atom. The van der Waals surface area contributed by atoms with E-state index in [1.165, 1.54) is 4.68 Å². The smallest absolute Gasteiger partial charge is 0.279 e. The molecular weight excluding hydrogens is 376 g/mol. The Hall–Kier alpha value is -3.58. The molecule has 0 fully saturated rings. The number of aromatic nitrogens is 5. The topological polar surface area (TPSA) is 85.6 Å². The number of nitrogens with zero attached hydrogens (tertiary/aromatic N) is 5. The van der Waals surface area contributed by atoms with Gasteiger partial charge in [-0.15, -0.1) is 5.10 Å². The van der Waals surface area contributed by atoms with Crippen LogP contribution in [0.4, 0.5) is 5.82 Å². The second-order valence-corrected chi connectivity index (χ2v) is 6.40. The maximum absolute atomic E-state index is 12.6. The molecule has 0 saturated carbocycles. The largest absolute Gasteiger partial charge is 0.305 e. The third kappa shape index (κ3) is 3.47. The van der Waals surface area contributed by atoms with E-state index < -0.39 is 5.91 Å². The Kier molecular flexibility index (Phi) is 4.82. The third-order valence-electron chi connectivity index (χ3n) is 4.16. The molecule has 1 N–H and O–H groups in total. The predicted octanol–water partition coefficient (Wildman–Crippen LogP) is 3.94. The standard InChI is InChI=1S/C20H15ClN6O/c1-13-19(25-26-27(13)17-8-3-2-6-15(17)21)20(28)24-18-10-9-14(12-23-18)16-7-4-5-11-22-16/h2-12H,1H3,(H,23,24,28). The van der Waals surface area contributed by atoms with Crippen molar-refractivity contribution >= 4 is 23.3 Å². The molecule has 3 aromatic heterocycles. The number of anilines is 1. The van der Waals surface area contributed by atoms with Gasteiger partial charge in [-0.05, 0) is 43.3 Å². The number of carbonyl (C=O) groups excluding carboxylic acids is 1. The molecule has 1 amide bonds. The van der Waals surface area contributed by atoms with Gasteiger partial charge in [-0.3, -0.25) is 9.78 Å². The number of amides is 1. The van der Waals surface area contributed by atoms with Crippen LogP contribution in [0.5, 0.6) is 0 Å². The first-order valence-electron chi connectivity index (χ1n) is 8.49. The summed E-state index contributed by atoms with van der Waals surface area (Å²) in [5.41, 5.74) is 3.11. The lowest BCUT2D eigenvalue weighted by Crippen LogP contribution is -2.15. The fourth-order valence-corrected chi connectivity index (χ4v) is 2.94. The van der Waals surface area contributed by atoms with Crippen molar-refractivity contribution in [3.63, 3.8) is 0 Å². The number of hydrogen-bond donors (Lipinski definition) is 1. The Morgan fingerprint density at radius 3 is 2.57 bits per heavy atom. The van der Waals surface area contributed by atoms with Crippen LogP contribution in [0, 0.1) is 6.92 Å². The van der Waals surface area contributed by atoms with Crippen molar-refractivity contribution < 1.29 is 4.79 Å². The Balaban J connectivity index is 1.54. The van der Waals surface area contributed by atoms with Gasteiger partial charge in [-0.2, -0.15) is 0 Å². The van der Waals surface area contributed by atoms with Crippen LogP contribution >= 0.6 is 11.6 Å². The molecule has 0 saturated heterocycles. The number of halogens is 1. The molecule has 0 radical (unpaired) electrons. The molecule has 4 rings (SSSR count). The van der Waals surface area contributed by atoms with E-state index in [0.29, 0.717) is 22.2 Å². The first-order valence-corrected chi connectivity index (χ1v) is 8.87. The summed E-state index contributed by atoms with van der Waals surface area (Å²) in [6.07, 6.45) is 3.38. The molecule has 8 heteroatoms. The molecule has 7 nitrogen and oxygen atoms in total. The van der Waals surface area contributed by atoms with Crippen LogP contribution in [0.2, 0.25) is 5.02 Å². The van der Waals surface area contributed by atoms with Gasteiger partial charge in [0.2, 0.25) is 0 Å². The quantitative estimate of drug-likeness (QED) is 0.570. The molecule has 0 bridgehead atoms.